The van der Waals surface area contributed by atoms with Gasteiger partial charge in [0.1, 0.15) is 11.6 Å². The Hall–Kier alpha value is -4.24. The molecule has 0 radical (unpaired) electrons. The first kappa shape index (κ1) is 24.5. The topological polar surface area (TPSA) is 107 Å². The predicted molar refractivity (Wildman–Crippen MR) is 147 cm³/mol. The molecule has 2 aromatic carbocycles. The van der Waals surface area contributed by atoms with E-state index in [1.807, 2.05) is 50.2 Å². The number of nitrogens with zero attached hydrogens (tertiary/aromatic N) is 5. The van der Waals surface area contributed by atoms with E-state index in [1.54, 1.807) is 24.5 Å². The molecular weight excluding hydrogens is 466 g/mol. The molecule has 1 aliphatic rings. The maximum absolute atomic E-state index is 13.1. The number of likely N-dealkylation sites (N-methyl/N-ethyl adjacent to an activating group) is 1. The highest BCUT2D eigenvalue weighted by atomic mass is 16.3. The zero-order valence-corrected chi connectivity index (χ0v) is 21.3. The summed E-state index contributed by atoms with van der Waals surface area (Å²) in [6.45, 7) is 7.73. The minimum atomic E-state index is -0.212. The normalized spacial score (nSPS) is 14.2. The van der Waals surface area contributed by atoms with E-state index in [0.717, 1.165) is 42.9 Å². The predicted octanol–water partition coefficient (Wildman–Crippen LogP) is 4.22. The molecule has 37 heavy (non-hydrogen) atoms. The fourth-order valence-corrected chi connectivity index (χ4v) is 4.36. The number of rotatable bonds is 6. The first-order valence-corrected chi connectivity index (χ1v) is 12.4. The third kappa shape index (κ3) is 5.62. The van der Waals surface area contributed by atoms with E-state index in [0.29, 0.717) is 28.3 Å². The summed E-state index contributed by atoms with van der Waals surface area (Å²) < 4.78 is 0. The number of phenols is 1. The van der Waals surface area contributed by atoms with E-state index in [9.17, 15) is 9.90 Å². The van der Waals surface area contributed by atoms with Crippen LogP contribution in [0.15, 0.2) is 60.9 Å². The molecule has 1 saturated heterocycles. The molecule has 190 valence electrons. The first-order chi connectivity index (χ1) is 17.9. The van der Waals surface area contributed by atoms with Gasteiger partial charge >= 0.3 is 0 Å². The summed E-state index contributed by atoms with van der Waals surface area (Å²) in [7, 11) is 2.11. The number of piperazine rings is 1. The van der Waals surface area contributed by atoms with E-state index in [-0.39, 0.29) is 17.7 Å². The van der Waals surface area contributed by atoms with E-state index < -0.39 is 0 Å². The zero-order valence-electron chi connectivity index (χ0n) is 21.3. The lowest BCUT2D eigenvalue weighted by Gasteiger charge is -2.33. The number of aromatic nitrogens is 3. The highest BCUT2D eigenvalue weighted by Crippen LogP contribution is 2.34. The number of fused-ring (bicyclic) bond motifs is 1. The first-order valence-electron chi connectivity index (χ1n) is 12.4. The van der Waals surface area contributed by atoms with Crippen molar-refractivity contribution in [3.05, 3.63) is 66.5 Å². The minimum absolute atomic E-state index is 0.108. The molecule has 0 unspecified atom stereocenters. The number of carbonyl (C=O) groups excluding carboxylic acids is 1. The van der Waals surface area contributed by atoms with Gasteiger partial charge in [-0.25, -0.2) is 15.0 Å². The van der Waals surface area contributed by atoms with E-state index in [2.05, 4.69) is 42.4 Å². The Morgan fingerprint density at radius 2 is 1.84 bits per heavy atom. The van der Waals surface area contributed by atoms with Crippen molar-refractivity contribution in [2.24, 2.45) is 0 Å². The van der Waals surface area contributed by atoms with Crippen molar-refractivity contribution < 1.29 is 9.90 Å². The number of carbonyl (C=O) groups is 1. The molecule has 0 aliphatic carbocycles. The molecule has 1 aliphatic heterocycles. The molecule has 1 fully saturated rings. The molecule has 0 bridgehead atoms. The number of hydrogen-bond donors (Lipinski definition) is 3. The van der Waals surface area contributed by atoms with Crippen LogP contribution in [0.4, 0.5) is 17.5 Å². The number of nitrogens with one attached hydrogen (secondary N) is 2. The number of anilines is 3. The van der Waals surface area contributed by atoms with Gasteiger partial charge in [-0.15, -0.1) is 0 Å². The summed E-state index contributed by atoms with van der Waals surface area (Å²) in [5.74, 6) is 1.23. The average molecular weight is 498 g/mol. The van der Waals surface area contributed by atoms with Crippen LogP contribution in [0.2, 0.25) is 0 Å². The lowest BCUT2D eigenvalue weighted by molar-refractivity contribution is 0.102. The van der Waals surface area contributed by atoms with Crippen LogP contribution in [0.3, 0.4) is 0 Å². The summed E-state index contributed by atoms with van der Waals surface area (Å²) >= 11 is 0. The van der Waals surface area contributed by atoms with Gasteiger partial charge in [0.15, 0.2) is 0 Å². The Morgan fingerprint density at radius 1 is 1.03 bits per heavy atom. The molecule has 0 atom stereocenters. The average Bonchev–Trinajstić information content (AvgIpc) is 2.88. The fraction of sp³-hybridized carbons (Fsp3) is 0.286. The second-order valence-electron chi connectivity index (χ2n) is 9.65. The van der Waals surface area contributed by atoms with Crippen LogP contribution in [0.1, 0.15) is 24.2 Å². The molecule has 5 rings (SSSR count). The zero-order chi connectivity index (χ0) is 25.9. The number of aromatic hydroxyl groups is 1. The Labute approximate surface area is 216 Å². The summed E-state index contributed by atoms with van der Waals surface area (Å²) in [4.78, 5) is 30.9. The van der Waals surface area contributed by atoms with Gasteiger partial charge in [-0.2, -0.15) is 0 Å². The number of hydrogen-bond acceptors (Lipinski definition) is 8. The fourth-order valence-electron chi connectivity index (χ4n) is 4.36. The van der Waals surface area contributed by atoms with Gasteiger partial charge in [0.2, 0.25) is 5.95 Å². The maximum atomic E-state index is 13.1. The van der Waals surface area contributed by atoms with Crippen molar-refractivity contribution in [1.29, 1.82) is 0 Å². The molecule has 9 nitrogen and oxygen atoms in total. The van der Waals surface area contributed by atoms with Crippen molar-refractivity contribution in [3.8, 4) is 16.9 Å². The molecule has 2 aromatic heterocycles. The maximum Gasteiger partial charge on any atom is 0.255 e. The van der Waals surface area contributed by atoms with Crippen LogP contribution in [0.25, 0.3) is 22.0 Å². The molecule has 0 saturated carbocycles. The molecule has 4 aromatic rings. The second kappa shape index (κ2) is 10.4. The number of phenolic OH excluding ortho intramolecular Hbond substituents is 1. The highest BCUT2D eigenvalue weighted by Gasteiger charge is 2.17. The minimum Gasteiger partial charge on any atom is -0.507 e. The van der Waals surface area contributed by atoms with Gasteiger partial charge < -0.3 is 25.5 Å². The molecule has 1 amide bonds. The smallest absolute Gasteiger partial charge is 0.255 e. The summed E-state index contributed by atoms with van der Waals surface area (Å²) in [5.41, 5.74) is 3.24. The van der Waals surface area contributed by atoms with Crippen molar-refractivity contribution in [2.45, 2.75) is 19.9 Å². The van der Waals surface area contributed by atoms with Gasteiger partial charge in [0.05, 0.1) is 5.52 Å². The Bertz CT molecular complexity index is 1430. The molecule has 3 heterocycles. The van der Waals surface area contributed by atoms with Gasteiger partial charge in [-0.3, -0.25) is 4.79 Å². The molecule has 0 spiro atoms. The van der Waals surface area contributed by atoms with Crippen LogP contribution < -0.4 is 15.5 Å². The monoisotopic (exact) mass is 497 g/mol. The van der Waals surface area contributed by atoms with E-state index in [1.165, 1.54) is 0 Å². The largest absolute Gasteiger partial charge is 0.507 e. The van der Waals surface area contributed by atoms with Gasteiger partial charge in [-0.05, 0) is 56.8 Å². The Morgan fingerprint density at radius 3 is 2.62 bits per heavy atom. The standard InChI is InChI=1S/C28H31N7O2/c1-18(2)31-28-30-17-21-14-23(25(36)16-24(21)33-28)19-5-4-6-22(13-19)32-27(37)20-7-8-29-26(15-20)35-11-9-34(3)10-12-35/h4-8,13-18,36H,9-12H2,1-3H3,(H,32,37)(H,30,31,33). The van der Waals surface area contributed by atoms with E-state index in [4.69, 9.17) is 0 Å². The third-order valence-electron chi connectivity index (χ3n) is 6.38. The van der Waals surface area contributed by atoms with Crippen molar-refractivity contribution in [3.63, 3.8) is 0 Å². The van der Waals surface area contributed by atoms with E-state index >= 15 is 0 Å². The summed E-state index contributed by atoms with van der Waals surface area (Å²) in [6, 6.07) is 14.7. The summed E-state index contributed by atoms with van der Waals surface area (Å²) in [5, 5.41) is 17.7. The van der Waals surface area contributed by atoms with Crippen LogP contribution in [-0.2, 0) is 0 Å². The molecule has 3 N–H and O–H groups in total. The molecular formula is C28H31N7O2. The number of pyridine rings is 1. The van der Waals surface area contributed by atoms with Crippen LogP contribution >= 0.6 is 0 Å². The van der Waals surface area contributed by atoms with Crippen molar-refractivity contribution >= 4 is 34.3 Å². The Kier molecular flexibility index (Phi) is 6.87. The van der Waals surface area contributed by atoms with Crippen LogP contribution in [0.5, 0.6) is 5.75 Å². The lowest BCUT2D eigenvalue weighted by atomic mass is 10.0. The van der Waals surface area contributed by atoms with Crippen molar-refractivity contribution in [1.82, 2.24) is 19.9 Å². The van der Waals surface area contributed by atoms with Gasteiger partial charge in [0.25, 0.3) is 5.91 Å². The summed E-state index contributed by atoms with van der Waals surface area (Å²) in [6.07, 6.45) is 3.42. The van der Waals surface area contributed by atoms with Gasteiger partial charge in [-0.1, -0.05) is 12.1 Å². The SMILES string of the molecule is CC(C)Nc1ncc2cc(-c3cccc(NC(=O)c4ccnc(N5CCN(C)CC5)c4)c3)c(O)cc2n1. The lowest BCUT2D eigenvalue weighted by Crippen LogP contribution is -2.44. The quantitative estimate of drug-likeness (QED) is 0.364. The highest BCUT2D eigenvalue weighted by molar-refractivity contribution is 6.05. The molecule has 9 heteroatoms. The van der Waals surface area contributed by atoms with Gasteiger partial charge in [0, 0.05) is 72.9 Å². The second-order valence-corrected chi connectivity index (χ2v) is 9.65. The number of benzene rings is 2. The third-order valence-corrected chi connectivity index (χ3v) is 6.38. The number of amides is 1. The van der Waals surface area contributed by atoms with Crippen LogP contribution in [0, 0.1) is 0 Å². The Balaban J connectivity index is 1.35. The van der Waals surface area contributed by atoms with Crippen molar-refractivity contribution in [2.75, 3.05) is 48.8 Å². The van der Waals surface area contributed by atoms with Crippen LogP contribution in [-0.4, -0.2) is 70.1 Å².